The smallest absolute Gasteiger partial charge is 0.338 e. The zero-order valence-corrected chi connectivity index (χ0v) is 12.6. The lowest BCUT2D eigenvalue weighted by atomic mass is 10.2. The number of esters is 1. The summed E-state index contributed by atoms with van der Waals surface area (Å²) in [7, 11) is 2.88. The number of hydrogen-bond donors (Lipinski definition) is 0. The van der Waals surface area contributed by atoms with E-state index >= 15 is 0 Å². The third kappa shape index (κ3) is 3.97. The number of rotatable bonds is 6. The summed E-state index contributed by atoms with van der Waals surface area (Å²) in [6.45, 7) is 0.0582. The van der Waals surface area contributed by atoms with Crippen LogP contribution in [0.3, 0.4) is 0 Å². The Balaban J connectivity index is 2.08. The van der Waals surface area contributed by atoms with Crippen LogP contribution in [0.5, 0.6) is 11.5 Å². The number of nitrogens with zero attached hydrogens (tertiary/aromatic N) is 1. The van der Waals surface area contributed by atoms with Gasteiger partial charge in [-0.2, -0.15) is 0 Å². The van der Waals surface area contributed by atoms with Gasteiger partial charge in [-0.3, -0.25) is 10.1 Å². The minimum atomic E-state index is -0.647. The van der Waals surface area contributed by atoms with Crippen LogP contribution in [0.1, 0.15) is 15.9 Å². The van der Waals surface area contributed by atoms with Crippen LogP contribution in [0.15, 0.2) is 42.5 Å². The fraction of sp³-hybridized carbons (Fsp3) is 0.188. The highest BCUT2D eigenvalue weighted by atomic mass is 16.6. The topological polar surface area (TPSA) is 87.9 Å². The predicted molar refractivity (Wildman–Crippen MR) is 81.8 cm³/mol. The molecule has 0 fully saturated rings. The maximum Gasteiger partial charge on any atom is 0.338 e. The summed E-state index contributed by atoms with van der Waals surface area (Å²) in [6.07, 6.45) is 0. The van der Waals surface area contributed by atoms with Crippen molar-refractivity contribution in [1.82, 2.24) is 0 Å². The quantitative estimate of drug-likeness (QED) is 0.462. The van der Waals surface area contributed by atoms with Crippen LogP contribution >= 0.6 is 0 Å². The molecule has 0 N–H and O–H groups in total. The lowest BCUT2D eigenvalue weighted by molar-refractivity contribution is -0.385. The molecule has 0 amide bonds. The number of ether oxygens (including phenoxy) is 3. The summed E-state index contributed by atoms with van der Waals surface area (Å²) in [6, 6.07) is 11.0. The van der Waals surface area contributed by atoms with Gasteiger partial charge in [-0.15, -0.1) is 0 Å². The van der Waals surface area contributed by atoms with Gasteiger partial charge in [0.15, 0.2) is 5.75 Å². The minimum Gasteiger partial charge on any atom is -0.497 e. The normalized spacial score (nSPS) is 10.0. The van der Waals surface area contributed by atoms with E-state index in [1.165, 1.54) is 19.2 Å². The number of hydrogen-bond acceptors (Lipinski definition) is 6. The maximum atomic E-state index is 12.0. The van der Waals surface area contributed by atoms with E-state index in [4.69, 9.17) is 14.2 Å². The third-order valence-corrected chi connectivity index (χ3v) is 3.14. The number of nitro groups is 1. The van der Waals surface area contributed by atoms with Gasteiger partial charge in [-0.25, -0.2) is 4.79 Å². The van der Waals surface area contributed by atoms with Crippen molar-refractivity contribution >= 4 is 11.7 Å². The molecule has 0 aliphatic heterocycles. The van der Waals surface area contributed by atoms with E-state index in [2.05, 4.69) is 0 Å². The molecule has 0 saturated carbocycles. The highest BCUT2D eigenvalue weighted by molar-refractivity contribution is 5.90. The first-order valence-electron chi connectivity index (χ1n) is 6.67. The summed E-state index contributed by atoms with van der Waals surface area (Å²) in [5, 5.41) is 11.0. The van der Waals surface area contributed by atoms with Crippen molar-refractivity contribution in [3.63, 3.8) is 0 Å². The van der Waals surface area contributed by atoms with Gasteiger partial charge in [0.25, 0.3) is 0 Å². The molecule has 0 atom stereocenters. The molecule has 23 heavy (non-hydrogen) atoms. The summed E-state index contributed by atoms with van der Waals surface area (Å²) < 4.78 is 15.1. The molecule has 7 heteroatoms. The van der Waals surface area contributed by atoms with Gasteiger partial charge in [0.2, 0.25) is 0 Å². The van der Waals surface area contributed by atoms with Crippen molar-refractivity contribution < 1.29 is 23.9 Å². The predicted octanol–water partition coefficient (Wildman–Crippen LogP) is 2.97. The van der Waals surface area contributed by atoms with E-state index in [9.17, 15) is 14.9 Å². The number of methoxy groups -OCH3 is 2. The zero-order valence-electron chi connectivity index (χ0n) is 12.6. The first kappa shape index (κ1) is 16.3. The molecule has 0 bridgehead atoms. The Morgan fingerprint density at radius 3 is 2.35 bits per heavy atom. The van der Waals surface area contributed by atoms with Crippen molar-refractivity contribution in [3.05, 3.63) is 63.7 Å². The third-order valence-electron chi connectivity index (χ3n) is 3.14. The van der Waals surface area contributed by atoms with Gasteiger partial charge in [-0.1, -0.05) is 12.1 Å². The first-order valence-corrected chi connectivity index (χ1v) is 6.67. The second-order valence-electron chi connectivity index (χ2n) is 4.57. The average molecular weight is 317 g/mol. The van der Waals surface area contributed by atoms with E-state index in [-0.39, 0.29) is 23.6 Å². The summed E-state index contributed by atoms with van der Waals surface area (Å²) in [5.74, 6) is 0.138. The molecule has 0 aliphatic rings. The van der Waals surface area contributed by atoms with Crippen LogP contribution in [-0.2, 0) is 11.3 Å². The molecular formula is C16H15NO6. The van der Waals surface area contributed by atoms with Crippen LogP contribution in [0.2, 0.25) is 0 Å². The van der Waals surface area contributed by atoms with Crippen LogP contribution in [-0.4, -0.2) is 25.1 Å². The second kappa shape index (κ2) is 7.26. The monoisotopic (exact) mass is 317 g/mol. The van der Waals surface area contributed by atoms with Crippen LogP contribution in [0.25, 0.3) is 0 Å². The standard InChI is InChI=1S/C16H15NO6/c1-21-13-6-3-11(4-7-13)10-23-16(18)12-5-8-15(22-2)14(9-12)17(19)20/h3-9H,10H2,1-2H3. The van der Waals surface area contributed by atoms with Crippen molar-refractivity contribution in [2.24, 2.45) is 0 Å². The van der Waals surface area contributed by atoms with Gasteiger partial charge in [0.1, 0.15) is 12.4 Å². The molecule has 2 aromatic carbocycles. The maximum absolute atomic E-state index is 12.0. The molecule has 7 nitrogen and oxygen atoms in total. The van der Waals surface area contributed by atoms with Crippen LogP contribution < -0.4 is 9.47 Å². The highest BCUT2D eigenvalue weighted by Gasteiger charge is 2.18. The van der Waals surface area contributed by atoms with Gasteiger partial charge in [0, 0.05) is 6.07 Å². The Morgan fingerprint density at radius 2 is 1.78 bits per heavy atom. The van der Waals surface area contributed by atoms with E-state index < -0.39 is 10.9 Å². The minimum absolute atomic E-state index is 0.0582. The molecule has 0 aromatic heterocycles. The lowest BCUT2D eigenvalue weighted by Gasteiger charge is -2.07. The largest absolute Gasteiger partial charge is 0.497 e. The molecule has 0 radical (unpaired) electrons. The average Bonchev–Trinajstić information content (AvgIpc) is 2.59. The van der Waals surface area contributed by atoms with Crippen molar-refractivity contribution in [3.8, 4) is 11.5 Å². The first-order chi connectivity index (χ1) is 11.0. The second-order valence-corrected chi connectivity index (χ2v) is 4.57. The Labute approximate surface area is 132 Å². The Kier molecular flexibility index (Phi) is 5.14. The molecule has 0 spiro atoms. The number of carbonyl (C=O) groups excluding carboxylic acids is 1. The Bertz CT molecular complexity index is 711. The molecule has 120 valence electrons. The molecule has 0 saturated heterocycles. The van der Waals surface area contributed by atoms with Crippen molar-refractivity contribution in [2.75, 3.05) is 14.2 Å². The molecule has 2 aromatic rings. The summed E-state index contributed by atoms with van der Waals surface area (Å²) in [4.78, 5) is 22.4. The number of nitro benzene ring substituents is 1. The van der Waals surface area contributed by atoms with Crippen molar-refractivity contribution in [1.29, 1.82) is 0 Å². The number of benzene rings is 2. The van der Waals surface area contributed by atoms with E-state index in [0.717, 1.165) is 11.6 Å². The fourth-order valence-corrected chi connectivity index (χ4v) is 1.91. The van der Waals surface area contributed by atoms with E-state index in [0.29, 0.717) is 5.75 Å². The zero-order chi connectivity index (χ0) is 16.8. The Morgan fingerprint density at radius 1 is 1.09 bits per heavy atom. The molecule has 0 heterocycles. The number of carbonyl (C=O) groups is 1. The summed E-state index contributed by atoms with van der Waals surface area (Å²) in [5.41, 5.74) is 0.583. The molecular weight excluding hydrogens is 302 g/mol. The van der Waals surface area contributed by atoms with Gasteiger partial charge in [-0.05, 0) is 29.8 Å². The van der Waals surface area contributed by atoms with Gasteiger partial charge in [0.05, 0.1) is 24.7 Å². The van der Waals surface area contributed by atoms with Gasteiger partial charge >= 0.3 is 11.7 Å². The molecule has 2 rings (SSSR count). The Hall–Kier alpha value is -3.09. The highest BCUT2D eigenvalue weighted by Crippen LogP contribution is 2.27. The molecule has 0 unspecified atom stereocenters. The summed E-state index contributed by atoms with van der Waals surface area (Å²) >= 11 is 0. The van der Waals surface area contributed by atoms with E-state index in [1.54, 1.807) is 31.4 Å². The molecule has 0 aliphatic carbocycles. The van der Waals surface area contributed by atoms with Crippen LogP contribution in [0, 0.1) is 10.1 Å². The SMILES string of the molecule is COc1ccc(COC(=O)c2ccc(OC)c([N+](=O)[O-])c2)cc1. The van der Waals surface area contributed by atoms with Crippen LogP contribution in [0.4, 0.5) is 5.69 Å². The van der Waals surface area contributed by atoms with Crippen molar-refractivity contribution in [2.45, 2.75) is 6.61 Å². The fourth-order valence-electron chi connectivity index (χ4n) is 1.91. The van der Waals surface area contributed by atoms with E-state index in [1.807, 2.05) is 0 Å². The lowest BCUT2D eigenvalue weighted by Crippen LogP contribution is -2.06. The van der Waals surface area contributed by atoms with Gasteiger partial charge < -0.3 is 14.2 Å².